The minimum absolute atomic E-state index is 0.101. The summed E-state index contributed by atoms with van der Waals surface area (Å²) < 4.78 is 5.40. The summed E-state index contributed by atoms with van der Waals surface area (Å²) in [5, 5.41) is 3.92. The number of nitrogens with one attached hydrogen (secondary N) is 1. The average molecular weight is 366 g/mol. The molecule has 22 heavy (non-hydrogen) atoms. The Morgan fingerprint density at radius 2 is 2.05 bits per heavy atom. The first kappa shape index (κ1) is 17.7. The number of halogens is 3. The van der Waals surface area contributed by atoms with E-state index in [0.29, 0.717) is 33.4 Å². The predicted molar refractivity (Wildman–Crippen MR) is 90.2 cm³/mol. The second-order valence-corrected chi connectivity index (χ2v) is 6.44. The van der Waals surface area contributed by atoms with Crippen LogP contribution in [-0.4, -0.2) is 43.1 Å². The number of amides is 1. The molecule has 1 heterocycles. The molecule has 0 unspecified atom stereocenters. The molecule has 1 N–H and O–H groups in total. The molecule has 1 aliphatic heterocycles. The molecule has 0 aromatic heterocycles. The molecular formula is C15H19Cl3N2O2. The summed E-state index contributed by atoms with van der Waals surface area (Å²) in [5.41, 5.74) is 0. The average Bonchev–Trinajstić information content (AvgIpc) is 2.95. The van der Waals surface area contributed by atoms with Crippen LogP contribution in [0.4, 0.5) is 0 Å². The lowest BCUT2D eigenvalue weighted by molar-refractivity contribution is -0.123. The van der Waals surface area contributed by atoms with E-state index in [-0.39, 0.29) is 12.5 Å². The van der Waals surface area contributed by atoms with Crippen LogP contribution >= 0.6 is 34.8 Å². The van der Waals surface area contributed by atoms with Crippen molar-refractivity contribution in [2.24, 2.45) is 0 Å². The summed E-state index contributed by atoms with van der Waals surface area (Å²) in [6, 6.07) is 3.42. The van der Waals surface area contributed by atoms with Gasteiger partial charge in [0.1, 0.15) is 5.75 Å². The van der Waals surface area contributed by atoms with E-state index in [0.717, 1.165) is 19.5 Å². The molecule has 0 radical (unpaired) electrons. The number of hydrogen-bond acceptors (Lipinski definition) is 3. The van der Waals surface area contributed by atoms with Crippen molar-refractivity contribution in [3.63, 3.8) is 0 Å². The van der Waals surface area contributed by atoms with Crippen LogP contribution in [0.3, 0.4) is 0 Å². The minimum Gasteiger partial charge on any atom is -0.482 e. The maximum atomic E-state index is 11.9. The summed E-state index contributed by atoms with van der Waals surface area (Å²) in [5.74, 6) is 0.173. The monoisotopic (exact) mass is 364 g/mol. The first-order chi connectivity index (χ1) is 10.5. The fraction of sp³-hybridized carbons (Fsp3) is 0.533. The molecule has 122 valence electrons. The highest BCUT2D eigenvalue weighted by Gasteiger charge is 2.23. The number of carbonyl (C=O) groups excluding carboxylic acids is 1. The number of hydrogen-bond donors (Lipinski definition) is 1. The standard InChI is InChI=1S/C15H19Cl3N2O2/c1-2-20-5-3-4-10(20)8-19-15(21)9-22-14-7-12(17)11(16)6-13(14)18/h6-7,10H,2-5,8-9H2,1H3,(H,19,21)/t10-/m1/s1. The number of likely N-dealkylation sites (tertiary alicyclic amines) is 1. The maximum absolute atomic E-state index is 11.9. The van der Waals surface area contributed by atoms with Crippen LogP contribution in [0.5, 0.6) is 5.75 Å². The van der Waals surface area contributed by atoms with Gasteiger partial charge in [-0.05, 0) is 32.0 Å². The molecule has 0 bridgehead atoms. The maximum Gasteiger partial charge on any atom is 0.257 e. The number of benzene rings is 1. The molecule has 1 atom stereocenters. The van der Waals surface area contributed by atoms with E-state index in [2.05, 4.69) is 17.1 Å². The third-order valence-electron chi connectivity index (χ3n) is 3.77. The van der Waals surface area contributed by atoms with Gasteiger partial charge in [-0.3, -0.25) is 9.69 Å². The summed E-state index contributed by atoms with van der Waals surface area (Å²) in [6.45, 7) is 4.79. The molecular weight excluding hydrogens is 347 g/mol. The zero-order chi connectivity index (χ0) is 16.1. The zero-order valence-electron chi connectivity index (χ0n) is 12.4. The van der Waals surface area contributed by atoms with E-state index in [4.69, 9.17) is 39.5 Å². The van der Waals surface area contributed by atoms with Gasteiger partial charge in [0.05, 0.1) is 15.1 Å². The van der Waals surface area contributed by atoms with Crippen molar-refractivity contribution in [1.82, 2.24) is 10.2 Å². The molecule has 1 aliphatic rings. The van der Waals surface area contributed by atoms with Crippen molar-refractivity contribution in [3.05, 3.63) is 27.2 Å². The molecule has 2 rings (SSSR count). The van der Waals surface area contributed by atoms with E-state index in [1.807, 2.05) is 0 Å². The number of nitrogens with zero attached hydrogens (tertiary/aromatic N) is 1. The molecule has 1 amide bonds. The Morgan fingerprint density at radius 1 is 1.32 bits per heavy atom. The Kier molecular flexibility index (Phi) is 6.63. The first-order valence-corrected chi connectivity index (χ1v) is 8.42. The lowest BCUT2D eigenvalue weighted by Crippen LogP contribution is -2.41. The fourth-order valence-electron chi connectivity index (χ4n) is 2.58. The first-order valence-electron chi connectivity index (χ1n) is 7.29. The van der Waals surface area contributed by atoms with Crippen LogP contribution in [0.2, 0.25) is 15.1 Å². The molecule has 0 aliphatic carbocycles. The van der Waals surface area contributed by atoms with Crippen LogP contribution in [0.1, 0.15) is 19.8 Å². The fourth-order valence-corrected chi connectivity index (χ4v) is 3.17. The third kappa shape index (κ3) is 4.66. The summed E-state index contributed by atoms with van der Waals surface area (Å²) >= 11 is 17.7. The normalized spacial score (nSPS) is 18.5. The predicted octanol–water partition coefficient (Wildman–Crippen LogP) is 3.63. The van der Waals surface area contributed by atoms with Crippen molar-refractivity contribution < 1.29 is 9.53 Å². The largest absolute Gasteiger partial charge is 0.482 e. The van der Waals surface area contributed by atoms with Crippen LogP contribution in [0.25, 0.3) is 0 Å². The van der Waals surface area contributed by atoms with Gasteiger partial charge >= 0.3 is 0 Å². The molecule has 0 spiro atoms. The Balaban J connectivity index is 1.79. The van der Waals surface area contributed by atoms with Gasteiger partial charge in [-0.1, -0.05) is 41.7 Å². The number of rotatable bonds is 6. The van der Waals surface area contributed by atoms with Crippen molar-refractivity contribution in [3.8, 4) is 5.75 Å². The molecule has 1 saturated heterocycles. The molecule has 1 aromatic rings. The van der Waals surface area contributed by atoms with Gasteiger partial charge in [0.15, 0.2) is 6.61 Å². The Morgan fingerprint density at radius 3 is 2.77 bits per heavy atom. The Hall–Kier alpha value is -0.680. The molecule has 1 fully saturated rings. The van der Waals surface area contributed by atoms with Gasteiger partial charge in [0, 0.05) is 18.7 Å². The highest BCUT2D eigenvalue weighted by molar-refractivity contribution is 6.43. The van der Waals surface area contributed by atoms with E-state index < -0.39 is 0 Å². The van der Waals surface area contributed by atoms with E-state index in [1.165, 1.54) is 18.6 Å². The third-order valence-corrected chi connectivity index (χ3v) is 4.79. The van der Waals surface area contributed by atoms with Crippen LogP contribution < -0.4 is 10.1 Å². The summed E-state index contributed by atoms with van der Waals surface area (Å²) in [6.07, 6.45) is 2.30. The Bertz CT molecular complexity index is 540. The lowest BCUT2D eigenvalue weighted by Gasteiger charge is -2.22. The van der Waals surface area contributed by atoms with Crippen molar-refractivity contribution in [1.29, 1.82) is 0 Å². The van der Waals surface area contributed by atoms with E-state index >= 15 is 0 Å². The lowest BCUT2D eigenvalue weighted by atomic mass is 10.2. The van der Waals surface area contributed by atoms with E-state index in [1.54, 1.807) is 0 Å². The van der Waals surface area contributed by atoms with Crippen LogP contribution in [-0.2, 0) is 4.79 Å². The van der Waals surface area contributed by atoms with Gasteiger partial charge < -0.3 is 10.1 Å². The quantitative estimate of drug-likeness (QED) is 0.783. The van der Waals surface area contributed by atoms with Gasteiger partial charge in [0.2, 0.25) is 0 Å². The van der Waals surface area contributed by atoms with Crippen LogP contribution in [0.15, 0.2) is 12.1 Å². The van der Waals surface area contributed by atoms with E-state index in [9.17, 15) is 4.79 Å². The molecule has 0 saturated carbocycles. The van der Waals surface area contributed by atoms with Gasteiger partial charge in [-0.15, -0.1) is 0 Å². The van der Waals surface area contributed by atoms with Crippen LogP contribution in [0, 0.1) is 0 Å². The number of likely N-dealkylation sites (N-methyl/N-ethyl adjacent to an activating group) is 1. The van der Waals surface area contributed by atoms with Crippen molar-refractivity contribution >= 4 is 40.7 Å². The SMILES string of the molecule is CCN1CCC[C@@H]1CNC(=O)COc1cc(Cl)c(Cl)cc1Cl. The summed E-state index contributed by atoms with van der Waals surface area (Å²) in [4.78, 5) is 14.2. The topological polar surface area (TPSA) is 41.6 Å². The zero-order valence-corrected chi connectivity index (χ0v) is 14.6. The second kappa shape index (κ2) is 8.25. The highest BCUT2D eigenvalue weighted by atomic mass is 35.5. The minimum atomic E-state index is -0.176. The highest BCUT2D eigenvalue weighted by Crippen LogP contribution is 2.33. The number of ether oxygens (including phenoxy) is 1. The van der Waals surface area contributed by atoms with Gasteiger partial charge in [-0.25, -0.2) is 0 Å². The van der Waals surface area contributed by atoms with Gasteiger partial charge in [0.25, 0.3) is 5.91 Å². The molecule has 1 aromatic carbocycles. The van der Waals surface area contributed by atoms with Crippen molar-refractivity contribution in [2.45, 2.75) is 25.8 Å². The summed E-state index contributed by atoms with van der Waals surface area (Å²) in [7, 11) is 0. The number of carbonyl (C=O) groups is 1. The second-order valence-electron chi connectivity index (χ2n) is 5.21. The molecule has 7 heteroatoms. The van der Waals surface area contributed by atoms with Crippen molar-refractivity contribution in [2.75, 3.05) is 26.2 Å². The van der Waals surface area contributed by atoms with Gasteiger partial charge in [-0.2, -0.15) is 0 Å². The molecule has 4 nitrogen and oxygen atoms in total. The smallest absolute Gasteiger partial charge is 0.257 e. The Labute approximate surface area is 145 Å².